The third-order valence-electron chi connectivity index (χ3n) is 1.71. The Balaban J connectivity index is 2.95. The van der Waals surface area contributed by atoms with E-state index in [1.165, 1.54) is 0 Å². The van der Waals surface area contributed by atoms with E-state index in [4.69, 9.17) is 0 Å². The van der Waals surface area contributed by atoms with E-state index in [0.717, 1.165) is 13.0 Å². The predicted octanol–water partition coefficient (Wildman–Crippen LogP) is 1.95. The van der Waals surface area contributed by atoms with E-state index in [1.807, 2.05) is 20.8 Å². The van der Waals surface area contributed by atoms with E-state index in [1.54, 1.807) is 4.68 Å². The maximum atomic E-state index is 13.0. The molecule has 3 nitrogen and oxygen atoms in total. The highest BCUT2D eigenvalue weighted by Gasteiger charge is 2.14. The van der Waals surface area contributed by atoms with Crippen molar-refractivity contribution in [3.05, 3.63) is 11.6 Å². The molecule has 0 unspecified atom stereocenters. The molecular weight excluding hydrogens is 157 g/mol. The van der Waals surface area contributed by atoms with Crippen LogP contribution in [-0.4, -0.2) is 15.0 Å². The number of rotatable bonds is 3. The first-order valence-corrected chi connectivity index (χ1v) is 4.25. The maximum absolute atomic E-state index is 13.0. The molecule has 0 aliphatic heterocycles. The monoisotopic (exact) mass is 171 g/mol. The largest absolute Gasteiger partial charge is 0.256 e. The second-order valence-electron chi connectivity index (χ2n) is 3.14. The van der Waals surface area contributed by atoms with Gasteiger partial charge >= 0.3 is 0 Å². The summed E-state index contributed by atoms with van der Waals surface area (Å²) in [6, 6.07) is 0. The summed E-state index contributed by atoms with van der Waals surface area (Å²) >= 11 is 0. The van der Waals surface area contributed by atoms with Gasteiger partial charge in [0.15, 0.2) is 0 Å². The van der Waals surface area contributed by atoms with Gasteiger partial charge in [-0.1, -0.05) is 31.1 Å². The molecule has 0 aliphatic rings. The third-order valence-corrected chi connectivity index (χ3v) is 1.71. The summed E-state index contributed by atoms with van der Waals surface area (Å²) in [5, 5.41) is 7.12. The van der Waals surface area contributed by atoms with Crippen LogP contribution >= 0.6 is 0 Å². The molecule has 0 aliphatic carbocycles. The molecule has 0 radical (unpaired) electrons. The standard InChI is InChI=1S/C8H14FN3/c1-4-5-12-7(6(2)3)8(9)10-11-12/h6H,4-5H2,1-3H3. The quantitative estimate of drug-likeness (QED) is 0.696. The molecule has 1 heterocycles. The molecule has 12 heavy (non-hydrogen) atoms. The molecule has 0 amide bonds. The summed E-state index contributed by atoms with van der Waals surface area (Å²) in [6.45, 7) is 6.65. The van der Waals surface area contributed by atoms with Gasteiger partial charge in [-0.05, 0) is 12.3 Å². The zero-order valence-electron chi connectivity index (χ0n) is 7.71. The molecule has 0 bridgehead atoms. The molecule has 0 atom stereocenters. The summed E-state index contributed by atoms with van der Waals surface area (Å²) in [6.07, 6.45) is 0.947. The zero-order valence-corrected chi connectivity index (χ0v) is 7.71. The molecule has 1 aromatic heterocycles. The third kappa shape index (κ3) is 1.62. The van der Waals surface area contributed by atoms with Crippen LogP contribution in [0.25, 0.3) is 0 Å². The predicted molar refractivity (Wildman–Crippen MR) is 44.4 cm³/mol. The molecule has 0 N–H and O–H groups in total. The lowest BCUT2D eigenvalue weighted by Gasteiger charge is -2.06. The van der Waals surface area contributed by atoms with E-state index in [0.29, 0.717) is 5.69 Å². The molecule has 4 heteroatoms. The van der Waals surface area contributed by atoms with Crippen LogP contribution in [0.4, 0.5) is 4.39 Å². The molecule has 1 rings (SSSR count). The molecule has 0 aromatic carbocycles. The van der Waals surface area contributed by atoms with Gasteiger partial charge in [0.05, 0.1) is 5.69 Å². The lowest BCUT2D eigenvalue weighted by molar-refractivity contribution is 0.530. The Hall–Kier alpha value is -0.930. The number of aryl methyl sites for hydroxylation is 1. The Morgan fingerprint density at radius 1 is 1.50 bits per heavy atom. The van der Waals surface area contributed by atoms with Gasteiger partial charge in [0.2, 0.25) is 0 Å². The molecule has 68 valence electrons. The first kappa shape index (κ1) is 9.16. The Morgan fingerprint density at radius 3 is 2.67 bits per heavy atom. The number of halogens is 1. The van der Waals surface area contributed by atoms with E-state index < -0.39 is 5.95 Å². The molecule has 0 spiro atoms. The van der Waals surface area contributed by atoms with Gasteiger partial charge in [-0.3, -0.25) is 0 Å². The number of hydrogen-bond acceptors (Lipinski definition) is 2. The lowest BCUT2D eigenvalue weighted by Crippen LogP contribution is -2.06. The molecule has 0 saturated heterocycles. The van der Waals surface area contributed by atoms with Crippen LogP contribution in [0.1, 0.15) is 38.8 Å². The topological polar surface area (TPSA) is 30.7 Å². The van der Waals surface area contributed by atoms with Crippen molar-refractivity contribution in [2.45, 2.75) is 39.7 Å². The average Bonchev–Trinajstić information content (AvgIpc) is 2.32. The summed E-state index contributed by atoms with van der Waals surface area (Å²) in [5.74, 6) is -0.287. The Bertz CT molecular complexity index is 255. The zero-order chi connectivity index (χ0) is 9.14. The first-order chi connectivity index (χ1) is 5.66. The molecule has 0 fully saturated rings. The summed E-state index contributed by atoms with van der Waals surface area (Å²) in [4.78, 5) is 0. The van der Waals surface area contributed by atoms with E-state index >= 15 is 0 Å². The van der Waals surface area contributed by atoms with Crippen LogP contribution in [0.3, 0.4) is 0 Å². The van der Waals surface area contributed by atoms with E-state index in [-0.39, 0.29) is 5.92 Å². The Labute approximate surface area is 71.6 Å². The van der Waals surface area contributed by atoms with Crippen molar-refractivity contribution in [3.8, 4) is 0 Å². The Morgan fingerprint density at radius 2 is 2.17 bits per heavy atom. The second kappa shape index (κ2) is 3.65. The van der Waals surface area contributed by atoms with Crippen molar-refractivity contribution in [2.24, 2.45) is 0 Å². The van der Waals surface area contributed by atoms with Crippen molar-refractivity contribution in [1.29, 1.82) is 0 Å². The average molecular weight is 171 g/mol. The van der Waals surface area contributed by atoms with Crippen LogP contribution in [0, 0.1) is 5.95 Å². The highest BCUT2D eigenvalue weighted by Crippen LogP contribution is 2.15. The second-order valence-corrected chi connectivity index (χ2v) is 3.14. The highest BCUT2D eigenvalue weighted by molar-refractivity contribution is 5.02. The summed E-state index contributed by atoms with van der Waals surface area (Å²) in [5.41, 5.74) is 0.608. The number of hydrogen-bond donors (Lipinski definition) is 0. The highest BCUT2D eigenvalue weighted by atomic mass is 19.1. The van der Waals surface area contributed by atoms with E-state index in [9.17, 15) is 4.39 Å². The van der Waals surface area contributed by atoms with Gasteiger partial charge in [0.1, 0.15) is 0 Å². The van der Waals surface area contributed by atoms with Crippen molar-refractivity contribution in [2.75, 3.05) is 0 Å². The van der Waals surface area contributed by atoms with Gasteiger partial charge in [-0.25, -0.2) is 4.68 Å². The van der Waals surface area contributed by atoms with E-state index in [2.05, 4.69) is 10.3 Å². The summed E-state index contributed by atoms with van der Waals surface area (Å²) < 4.78 is 14.6. The van der Waals surface area contributed by atoms with Gasteiger partial charge in [-0.2, -0.15) is 4.39 Å². The summed E-state index contributed by atoms with van der Waals surface area (Å²) in [7, 11) is 0. The van der Waals surface area contributed by atoms with Crippen molar-refractivity contribution in [3.63, 3.8) is 0 Å². The normalized spacial score (nSPS) is 11.1. The SMILES string of the molecule is CCCn1nnc(F)c1C(C)C. The molecule has 1 aromatic rings. The van der Waals surface area contributed by atoms with Gasteiger partial charge < -0.3 is 0 Å². The number of aromatic nitrogens is 3. The van der Waals surface area contributed by atoms with Crippen molar-refractivity contribution >= 4 is 0 Å². The minimum Gasteiger partial charge on any atom is -0.246 e. The van der Waals surface area contributed by atoms with Gasteiger partial charge in [-0.15, -0.1) is 0 Å². The van der Waals surface area contributed by atoms with Crippen LogP contribution < -0.4 is 0 Å². The van der Waals surface area contributed by atoms with Gasteiger partial charge in [0, 0.05) is 6.54 Å². The first-order valence-electron chi connectivity index (χ1n) is 4.25. The van der Waals surface area contributed by atoms with Crippen LogP contribution in [-0.2, 0) is 6.54 Å². The molecule has 0 saturated carbocycles. The number of nitrogens with zero attached hydrogens (tertiary/aromatic N) is 3. The lowest BCUT2D eigenvalue weighted by atomic mass is 10.1. The van der Waals surface area contributed by atoms with Crippen molar-refractivity contribution < 1.29 is 4.39 Å². The fourth-order valence-electron chi connectivity index (χ4n) is 1.21. The van der Waals surface area contributed by atoms with Crippen LogP contribution in [0.15, 0.2) is 0 Å². The Kier molecular flexibility index (Phi) is 2.78. The maximum Gasteiger partial charge on any atom is 0.256 e. The molecular formula is C8H14FN3. The van der Waals surface area contributed by atoms with Crippen molar-refractivity contribution in [1.82, 2.24) is 15.0 Å². The minimum atomic E-state index is -0.432. The van der Waals surface area contributed by atoms with Gasteiger partial charge in [0.25, 0.3) is 5.95 Å². The van der Waals surface area contributed by atoms with Crippen LogP contribution in [0.5, 0.6) is 0 Å². The fourth-order valence-corrected chi connectivity index (χ4v) is 1.21. The minimum absolute atomic E-state index is 0.145. The van der Waals surface area contributed by atoms with Crippen LogP contribution in [0.2, 0.25) is 0 Å². The smallest absolute Gasteiger partial charge is 0.246 e. The fraction of sp³-hybridized carbons (Fsp3) is 0.750.